The van der Waals surface area contributed by atoms with Crippen LogP contribution in [0.2, 0.25) is 0 Å². The Morgan fingerprint density at radius 2 is 1.70 bits per heavy atom. The third-order valence-electron chi connectivity index (χ3n) is 4.41. The summed E-state index contributed by atoms with van der Waals surface area (Å²) < 4.78 is 27.1. The zero-order valence-electron chi connectivity index (χ0n) is 13.0. The molecule has 23 heavy (non-hydrogen) atoms. The summed E-state index contributed by atoms with van der Waals surface area (Å²) in [6.45, 7) is 0. The summed E-state index contributed by atoms with van der Waals surface area (Å²) in [5, 5.41) is 2.98. The van der Waals surface area contributed by atoms with Crippen LogP contribution in [0.25, 0.3) is 0 Å². The van der Waals surface area contributed by atoms with E-state index in [9.17, 15) is 13.2 Å². The molecule has 6 nitrogen and oxygen atoms in total. The molecule has 0 heterocycles. The standard InChI is InChI=1S/C16H23N3O3S/c17-12-4-6-13(7-5-12)18-16(20)11-2-1-3-15(10-11)23(21,22)19-14-8-9-14/h1-3,10,12-14,19H,4-9,17H2,(H,18,20). The van der Waals surface area contributed by atoms with Crippen LogP contribution in [0.5, 0.6) is 0 Å². The van der Waals surface area contributed by atoms with Gasteiger partial charge in [-0.15, -0.1) is 0 Å². The van der Waals surface area contributed by atoms with Crippen LogP contribution in [0.15, 0.2) is 29.2 Å². The molecule has 0 spiro atoms. The molecular formula is C16H23N3O3S. The van der Waals surface area contributed by atoms with Gasteiger partial charge in [-0.2, -0.15) is 0 Å². The molecule has 0 aliphatic heterocycles. The lowest BCUT2D eigenvalue weighted by atomic mass is 9.91. The van der Waals surface area contributed by atoms with Crippen LogP contribution in [0.3, 0.4) is 0 Å². The number of carbonyl (C=O) groups excluding carboxylic acids is 1. The number of amides is 1. The van der Waals surface area contributed by atoms with Crippen LogP contribution >= 0.6 is 0 Å². The predicted molar refractivity (Wildman–Crippen MR) is 87.5 cm³/mol. The summed E-state index contributed by atoms with van der Waals surface area (Å²) in [7, 11) is -3.54. The number of hydrogen-bond donors (Lipinski definition) is 3. The predicted octanol–water partition coefficient (Wildman–Crippen LogP) is 1.13. The highest BCUT2D eigenvalue weighted by molar-refractivity contribution is 7.89. The van der Waals surface area contributed by atoms with Crippen molar-refractivity contribution in [2.45, 2.75) is 61.5 Å². The molecule has 7 heteroatoms. The van der Waals surface area contributed by atoms with Crippen LogP contribution in [0.1, 0.15) is 48.9 Å². The van der Waals surface area contributed by atoms with Crippen molar-refractivity contribution in [2.75, 3.05) is 0 Å². The molecule has 126 valence electrons. The molecule has 2 aliphatic carbocycles. The summed E-state index contributed by atoms with van der Waals surface area (Å²) in [6, 6.07) is 6.59. The van der Waals surface area contributed by atoms with Crippen molar-refractivity contribution in [1.82, 2.24) is 10.0 Å². The van der Waals surface area contributed by atoms with Gasteiger partial charge in [0.1, 0.15) is 0 Å². The fourth-order valence-electron chi connectivity index (χ4n) is 2.83. The second-order valence-electron chi connectivity index (χ2n) is 6.51. The highest BCUT2D eigenvalue weighted by atomic mass is 32.2. The number of sulfonamides is 1. The maximum absolute atomic E-state index is 12.4. The third kappa shape index (κ3) is 4.31. The quantitative estimate of drug-likeness (QED) is 0.749. The van der Waals surface area contributed by atoms with Gasteiger partial charge in [0.15, 0.2) is 0 Å². The van der Waals surface area contributed by atoms with Gasteiger partial charge < -0.3 is 11.1 Å². The maximum atomic E-state index is 12.4. The molecule has 3 rings (SSSR count). The molecule has 0 radical (unpaired) electrons. The Bertz CT molecular complexity index is 678. The second kappa shape index (κ2) is 6.59. The van der Waals surface area contributed by atoms with Crippen LogP contribution in [-0.2, 0) is 10.0 Å². The van der Waals surface area contributed by atoms with E-state index < -0.39 is 10.0 Å². The lowest BCUT2D eigenvalue weighted by Crippen LogP contribution is -2.40. The molecule has 1 aromatic carbocycles. The Kier molecular flexibility index (Phi) is 4.70. The molecule has 0 bridgehead atoms. The summed E-state index contributed by atoms with van der Waals surface area (Å²) >= 11 is 0. The second-order valence-corrected chi connectivity index (χ2v) is 8.22. The molecule has 0 aromatic heterocycles. The highest BCUT2D eigenvalue weighted by Gasteiger charge is 2.28. The van der Waals surface area contributed by atoms with E-state index in [0.717, 1.165) is 38.5 Å². The van der Waals surface area contributed by atoms with Crippen LogP contribution in [0.4, 0.5) is 0 Å². The van der Waals surface area contributed by atoms with Crippen molar-refractivity contribution >= 4 is 15.9 Å². The van der Waals surface area contributed by atoms with Gasteiger partial charge in [0.05, 0.1) is 4.90 Å². The summed E-state index contributed by atoms with van der Waals surface area (Å²) in [4.78, 5) is 12.5. The monoisotopic (exact) mass is 337 g/mol. The van der Waals surface area contributed by atoms with E-state index in [1.54, 1.807) is 12.1 Å². The fraction of sp³-hybridized carbons (Fsp3) is 0.562. The highest BCUT2D eigenvalue weighted by Crippen LogP contribution is 2.23. The molecule has 0 unspecified atom stereocenters. The topological polar surface area (TPSA) is 101 Å². The zero-order valence-corrected chi connectivity index (χ0v) is 13.8. The van der Waals surface area contributed by atoms with Gasteiger partial charge >= 0.3 is 0 Å². The summed E-state index contributed by atoms with van der Waals surface area (Å²) in [6.07, 6.45) is 5.31. The van der Waals surface area contributed by atoms with Gasteiger partial charge in [-0.05, 0) is 56.7 Å². The Balaban J connectivity index is 1.67. The molecule has 0 saturated heterocycles. The van der Waals surface area contributed by atoms with Gasteiger partial charge in [-0.1, -0.05) is 6.07 Å². The van der Waals surface area contributed by atoms with E-state index >= 15 is 0 Å². The average molecular weight is 337 g/mol. The van der Waals surface area contributed by atoms with Crippen LogP contribution in [-0.4, -0.2) is 32.5 Å². The maximum Gasteiger partial charge on any atom is 0.251 e. The van der Waals surface area contributed by atoms with Gasteiger partial charge in [0.2, 0.25) is 10.0 Å². The van der Waals surface area contributed by atoms with E-state index in [4.69, 9.17) is 5.73 Å². The van der Waals surface area contributed by atoms with E-state index in [-0.39, 0.29) is 28.9 Å². The molecule has 2 fully saturated rings. The molecule has 4 N–H and O–H groups in total. The fourth-order valence-corrected chi connectivity index (χ4v) is 4.18. The summed E-state index contributed by atoms with van der Waals surface area (Å²) in [5.41, 5.74) is 6.24. The van der Waals surface area contributed by atoms with Crippen molar-refractivity contribution in [1.29, 1.82) is 0 Å². The zero-order chi connectivity index (χ0) is 16.4. The third-order valence-corrected chi connectivity index (χ3v) is 5.93. The lowest BCUT2D eigenvalue weighted by molar-refractivity contribution is 0.0925. The Morgan fingerprint density at radius 1 is 1.04 bits per heavy atom. The molecule has 1 amide bonds. The number of hydrogen-bond acceptors (Lipinski definition) is 4. The smallest absolute Gasteiger partial charge is 0.251 e. The van der Waals surface area contributed by atoms with Gasteiger partial charge in [0, 0.05) is 23.7 Å². The number of nitrogens with one attached hydrogen (secondary N) is 2. The van der Waals surface area contributed by atoms with Crippen molar-refractivity contribution in [3.63, 3.8) is 0 Å². The molecule has 2 aliphatic rings. The number of benzene rings is 1. The lowest BCUT2D eigenvalue weighted by Gasteiger charge is -2.26. The van der Waals surface area contributed by atoms with Gasteiger partial charge in [-0.25, -0.2) is 13.1 Å². The van der Waals surface area contributed by atoms with Crippen molar-refractivity contribution in [3.8, 4) is 0 Å². The Hall–Kier alpha value is -1.44. The van der Waals surface area contributed by atoms with Crippen LogP contribution in [0, 0.1) is 0 Å². The molecular weight excluding hydrogens is 314 g/mol. The van der Waals surface area contributed by atoms with E-state index in [2.05, 4.69) is 10.0 Å². The minimum Gasteiger partial charge on any atom is -0.349 e. The van der Waals surface area contributed by atoms with E-state index in [0.29, 0.717) is 5.56 Å². The largest absolute Gasteiger partial charge is 0.349 e. The van der Waals surface area contributed by atoms with E-state index in [1.165, 1.54) is 12.1 Å². The Morgan fingerprint density at radius 3 is 2.35 bits per heavy atom. The number of carbonyl (C=O) groups is 1. The number of nitrogens with two attached hydrogens (primary N) is 1. The molecule has 1 aromatic rings. The van der Waals surface area contributed by atoms with E-state index in [1.807, 2.05) is 0 Å². The SMILES string of the molecule is NC1CCC(NC(=O)c2cccc(S(=O)(=O)NC3CC3)c2)CC1. The minimum atomic E-state index is -3.54. The van der Waals surface area contributed by atoms with Crippen molar-refractivity contribution in [2.24, 2.45) is 5.73 Å². The van der Waals surface area contributed by atoms with Crippen molar-refractivity contribution < 1.29 is 13.2 Å². The first-order valence-electron chi connectivity index (χ1n) is 8.13. The molecule has 2 saturated carbocycles. The summed E-state index contributed by atoms with van der Waals surface area (Å²) in [5.74, 6) is -0.228. The Labute approximate surface area is 136 Å². The normalized spacial score (nSPS) is 25.1. The first-order valence-corrected chi connectivity index (χ1v) is 9.61. The molecule has 0 atom stereocenters. The van der Waals surface area contributed by atoms with Gasteiger partial charge in [-0.3, -0.25) is 4.79 Å². The van der Waals surface area contributed by atoms with Crippen molar-refractivity contribution in [3.05, 3.63) is 29.8 Å². The number of rotatable bonds is 5. The minimum absolute atomic E-state index is 0.0453. The van der Waals surface area contributed by atoms with Crippen LogP contribution < -0.4 is 15.8 Å². The average Bonchev–Trinajstić information content (AvgIpc) is 3.33. The first-order chi connectivity index (χ1) is 10.9. The first kappa shape index (κ1) is 16.4. The van der Waals surface area contributed by atoms with Gasteiger partial charge in [0.25, 0.3) is 5.91 Å².